The molecule has 1 amide bonds. The van der Waals surface area contributed by atoms with E-state index in [1.165, 1.54) is 35.7 Å². The van der Waals surface area contributed by atoms with E-state index in [-0.39, 0.29) is 11.7 Å². The summed E-state index contributed by atoms with van der Waals surface area (Å²) < 4.78 is 14.9. The second-order valence-electron chi connectivity index (χ2n) is 4.53. The minimum atomic E-state index is -0.338. The number of carbonyl (C=O) groups is 1. The second kappa shape index (κ2) is 5.69. The maximum absolute atomic E-state index is 12.7. The zero-order valence-electron chi connectivity index (χ0n) is 11.1. The van der Waals surface area contributed by atoms with Gasteiger partial charge in [-0.15, -0.1) is 0 Å². The predicted molar refractivity (Wildman–Crippen MR) is 72.6 cm³/mol. The SMILES string of the molecule is Cc1ccc(C)n1CCNC(=O)c1ccc(F)cc1. The monoisotopic (exact) mass is 260 g/mol. The topological polar surface area (TPSA) is 34.0 Å². The van der Waals surface area contributed by atoms with Crippen LogP contribution in [0, 0.1) is 19.7 Å². The molecule has 1 heterocycles. The largest absolute Gasteiger partial charge is 0.350 e. The normalized spacial score (nSPS) is 10.5. The van der Waals surface area contributed by atoms with E-state index in [2.05, 4.69) is 22.0 Å². The molecule has 3 nitrogen and oxygen atoms in total. The van der Waals surface area contributed by atoms with Crippen LogP contribution in [0.2, 0.25) is 0 Å². The molecule has 0 aliphatic carbocycles. The van der Waals surface area contributed by atoms with E-state index in [9.17, 15) is 9.18 Å². The van der Waals surface area contributed by atoms with Crippen molar-refractivity contribution in [2.45, 2.75) is 20.4 Å². The van der Waals surface area contributed by atoms with Crippen LogP contribution < -0.4 is 5.32 Å². The molecule has 0 bridgehead atoms. The predicted octanol–water partition coefficient (Wildman–Crippen LogP) is 2.67. The summed E-state index contributed by atoms with van der Waals surface area (Å²) in [6.45, 7) is 5.35. The van der Waals surface area contributed by atoms with Crippen LogP contribution in [0.25, 0.3) is 0 Å². The first-order valence-electron chi connectivity index (χ1n) is 6.24. The van der Waals surface area contributed by atoms with Crippen molar-refractivity contribution < 1.29 is 9.18 Å². The maximum Gasteiger partial charge on any atom is 0.251 e. The van der Waals surface area contributed by atoms with Crippen LogP contribution in [0.4, 0.5) is 4.39 Å². The van der Waals surface area contributed by atoms with E-state index >= 15 is 0 Å². The number of hydrogen-bond donors (Lipinski definition) is 1. The molecule has 19 heavy (non-hydrogen) atoms. The van der Waals surface area contributed by atoms with Gasteiger partial charge in [0.15, 0.2) is 0 Å². The Kier molecular flexibility index (Phi) is 4.00. The first-order valence-corrected chi connectivity index (χ1v) is 6.24. The lowest BCUT2D eigenvalue weighted by atomic mass is 10.2. The molecule has 0 saturated carbocycles. The van der Waals surface area contributed by atoms with Gasteiger partial charge in [-0.2, -0.15) is 0 Å². The van der Waals surface area contributed by atoms with Crippen LogP contribution in [-0.4, -0.2) is 17.0 Å². The van der Waals surface area contributed by atoms with Gasteiger partial charge in [-0.1, -0.05) is 0 Å². The Balaban J connectivity index is 1.89. The van der Waals surface area contributed by atoms with Crippen molar-refractivity contribution in [3.8, 4) is 0 Å². The van der Waals surface area contributed by atoms with E-state index in [1.54, 1.807) is 0 Å². The van der Waals surface area contributed by atoms with Gasteiger partial charge in [0.05, 0.1) is 0 Å². The quantitative estimate of drug-likeness (QED) is 0.901. The lowest BCUT2D eigenvalue weighted by molar-refractivity contribution is 0.0952. The van der Waals surface area contributed by atoms with Gasteiger partial charge in [-0.25, -0.2) is 4.39 Å². The average molecular weight is 260 g/mol. The highest BCUT2D eigenvalue weighted by atomic mass is 19.1. The van der Waals surface area contributed by atoms with Crippen LogP contribution >= 0.6 is 0 Å². The van der Waals surface area contributed by atoms with Gasteiger partial charge in [0.1, 0.15) is 5.82 Å². The van der Waals surface area contributed by atoms with Gasteiger partial charge in [0, 0.05) is 30.0 Å². The molecule has 0 aliphatic heterocycles. The summed E-state index contributed by atoms with van der Waals surface area (Å²) in [5, 5.41) is 2.83. The van der Waals surface area contributed by atoms with Crippen molar-refractivity contribution in [3.63, 3.8) is 0 Å². The minimum absolute atomic E-state index is 0.178. The number of hydrogen-bond acceptors (Lipinski definition) is 1. The molecule has 0 fully saturated rings. The lowest BCUT2D eigenvalue weighted by Gasteiger charge is -2.10. The van der Waals surface area contributed by atoms with E-state index in [0.29, 0.717) is 12.1 Å². The Labute approximate surface area is 112 Å². The molecular weight excluding hydrogens is 243 g/mol. The zero-order chi connectivity index (χ0) is 13.8. The Hall–Kier alpha value is -2.10. The number of benzene rings is 1. The highest BCUT2D eigenvalue weighted by Gasteiger charge is 2.05. The second-order valence-corrected chi connectivity index (χ2v) is 4.53. The summed E-state index contributed by atoms with van der Waals surface area (Å²) in [6, 6.07) is 9.65. The van der Waals surface area contributed by atoms with Gasteiger partial charge in [0.2, 0.25) is 0 Å². The molecule has 0 aliphatic rings. The van der Waals surface area contributed by atoms with Gasteiger partial charge < -0.3 is 9.88 Å². The highest BCUT2D eigenvalue weighted by Crippen LogP contribution is 2.06. The summed E-state index contributed by atoms with van der Waals surface area (Å²) in [4.78, 5) is 11.8. The van der Waals surface area contributed by atoms with Crippen LogP contribution in [0.5, 0.6) is 0 Å². The molecular formula is C15H17FN2O. The number of aromatic nitrogens is 1. The van der Waals surface area contributed by atoms with Crippen molar-refractivity contribution in [2.24, 2.45) is 0 Å². The van der Waals surface area contributed by atoms with Gasteiger partial charge >= 0.3 is 0 Å². The fourth-order valence-corrected chi connectivity index (χ4v) is 2.04. The molecule has 2 rings (SSSR count). The number of nitrogens with one attached hydrogen (secondary N) is 1. The van der Waals surface area contributed by atoms with Gasteiger partial charge in [-0.05, 0) is 50.2 Å². The summed E-state index contributed by atoms with van der Waals surface area (Å²) in [5.41, 5.74) is 2.82. The number of rotatable bonds is 4. The highest BCUT2D eigenvalue weighted by molar-refractivity contribution is 5.94. The van der Waals surface area contributed by atoms with Crippen molar-refractivity contribution in [1.82, 2.24) is 9.88 Å². The number of halogens is 1. The van der Waals surface area contributed by atoms with E-state index < -0.39 is 0 Å². The number of aryl methyl sites for hydroxylation is 2. The molecule has 0 unspecified atom stereocenters. The van der Waals surface area contributed by atoms with E-state index in [4.69, 9.17) is 0 Å². The molecule has 100 valence electrons. The van der Waals surface area contributed by atoms with Crippen molar-refractivity contribution in [1.29, 1.82) is 0 Å². The fourth-order valence-electron chi connectivity index (χ4n) is 2.04. The molecule has 2 aromatic rings. The average Bonchev–Trinajstić information content (AvgIpc) is 2.71. The van der Waals surface area contributed by atoms with Crippen LogP contribution in [0.3, 0.4) is 0 Å². The van der Waals surface area contributed by atoms with Crippen LogP contribution in [-0.2, 0) is 6.54 Å². The third kappa shape index (κ3) is 3.22. The molecule has 1 aromatic heterocycles. The van der Waals surface area contributed by atoms with Crippen molar-refractivity contribution >= 4 is 5.91 Å². The first-order chi connectivity index (χ1) is 9.08. The van der Waals surface area contributed by atoms with Gasteiger partial charge in [-0.3, -0.25) is 4.79 Å². The van der Waals surface area contributed by atoms with Crippen LogP contribution in [0.15, 0.2) is 36.4 Å². The molecule has 0 radical (unpaired) electrons. The Morgan fingerprint density at radius 3 is 2.26 bits per heavy atom. The number of carbonyl (C=O) groups excluding carboxylic acids is 1. The minimum Gasteiger partial charge on any atom is -0.350 e. The molecule has 1 aromatic carbocycles. The molecule has 1 N–H and O–H groups in total. The zero-order valence-corrected chi connectivity index (χ0v) is 11.1. The van der Waals surface area contributed by atoms with E-state index in [1.807, 2.05) is 13.8 Å². The number of nitrogens with zero attached hydrogens (tertiary/aromatic N) is 1. The molecule has 0 atom stereocenters. The van der Waals surface area contributed by atoms with Crippen molar-refractivity contribution in [3.05, 3.63) is 59.2 Å². The Morgan fingerprint density at radius 1 is 1.11 bits per heavy atom. The summed E-state index contributed by atoms with van der Waals surface area (Å²) in [5.74, 6) is -0.516. The standard InChI is InChI=1S/C15H17FN2O/c1-11-3-4-12(2)18(11)10-9-17-15(19)13-5-7-14(16)8-6-13/h3-8H,9-10H2,1-2H3,(H,17,19). The van der Waals surface area contributed by atoms with Crippen LogP contribution in [0.1, 0.15) is 21.7 Å². The Bertz CT molecular complexity index is 553. The summed E-state index contributed by atoms with van der Waals surface area (Å²) in [6.07, 6.45) is 0. The third-order valence-electron chi connectivity index (χ3n) is 3.14. The molecule has 0 spiro atoms. The number of amides is 1. The maximum atomic E-state index is 12.7. The third-order valence-corrected chi connectivity index (χ3v) is 3.14. The lowest BCUT2D eigenvalue weighted by Crippen LogP contribution is -2.27. The summed E-state index contributed by atoms with van der Waals surface area (Å²) in [7, 11) is 0. The Morgan fingerprint density at radius 2 is 1.68 bits per heavy atom. The molecule has 4 heteroatoms. The summed E-state index contributed by atoms with van der Waals surface area (Å²) >= 11 is 0. The molecule has 0 saturated heterocycles. The van der Waals surface area contributed by atoms with Crippen molar-refractivity contribution in [2.75, 3.05) is 6.54 Å². The smallest absolute Gasteiger partial charge is 0.251 e. The van der Waals surface area contributed by atoms with Gasteiger partial charge in [0.25, 0.3) is 5.91 Å². The fraction of sp³-hybridized carbons (Fsp3) is 0.267. The first kappa shape index (κ1) is 13.3. The van der Waals surface area contributed by atoms with E-state index in [0.717, 1.165) is 6.54 Å².